The first-order valence-corrected chi connectivity index (χ1v) is 7.07. The van der Waals surface area contributed by atoms with Crippen LogP contribution in [0, 0.1) is 0 Å². The second-order valence-electron chi connectivity index (χ2n) is 4.89. The summed E-state index contributed by atoms with van der Waals surface area (Å²) in [5, 5.41) is 5.54. The summed E-state index contributed by atoms with van der Waals surface area (Å²) in [6, 6.07) is 16.4. The molecule has 0 aliphatic carbocycles. The summed E-state index contributed by atoms with van der Waals surface area (Å²) in [5.74, 6) is 1.49. The average Bonchev–Trinajstić information content (AvgIpc) is 2.50. The van der Waals surface area contributed by atoms with Crippen LogP contribution in [0.1, 0.15) is 6.92 Å². The van der Waals surface area contributed by atoms with Crippen molar-refractivity contribution in [2.75, 3.05) is 19.0 Å². The first-order valence-electron chi connectivity index (χ1n) is 7.07. The van der Waals surface area contributed by atoms with Crippen LogP contribution in [0.3, 0.4) is 0 Å². The highest BCUT2D eigenvalue weighted by Gasteiger charge is 2.07. The van der Waals surface area contributed by atoms with E-state index in [0.717, 1.165) is 5.75 Å². The molecule has 5 nitrogen and oxygen atoms in total. The maximum Gasteiger partial charge on any atom is 0.319 e. The first kappa shape index (κ1) is 15.9. The van der Waals surface area contributed by atoms with E-state index in [1.807, 2.05) is 37.3 Å². The van der Waals surface area contributed by atoms with E-state index in [2.05, 4.69) is 10.6 Å². The lowest BCUT2D eigenvalue weighted by molar-refractivity contribution is 0.173. The Morgan fingerprint density at radius 2 is 1.68 bits per heavy atom. The van der Waals surface area contributed by atoms with Crippen molar-refractivity contribution < 1.29 is 14.3 Å². The minimum absolute atomic E-state index is 0.0503. The van der Waals surface area contributed by atoms with Crippen LogP contribution in [0.5, 0.6) is 11.5 Å². The third-order valence-corrected chi connectivity index (χ3v) is 2.89. The van der Waals surface area contributed by atoms with Crippen molar-refractivity contribution in [2.45, 2.75) is 13.0 Å². The van der Waals surface area contributed by atoms with Crippen LogP contribution in [0.2, 0.25) is 0 Å². The number of para-hydroxylation sites is 1. The number of rotatable bonds is 6. The molecule has 0 bridgehead atoms. The average molecular weight is 300 g/mol. The number of ether oxygens (including phenoxy) is 2. The number of benzene rings is 2. The lowest BCUT2D eigenvalue weighted by Crippen LogP contribution is -2.38. The van der Waals surface area contributed by atoms with E-state index in [-0.39, 0.29) is 12.1 Å². The van der Waals surface area contributed by atoms with E-state index in [0.29, 0.717) is 18.0 Å². The minimum atomic E-state index is -0.263. The van der Waals surface area contributed by atoms with Crippen molar-refractivity contribution in [3.8, 4) is 11.5 Å². The van der Waals surface area contributed by atoms with Gasteiger partial charge in [-0.3, -0.25) is 0 Å². The minimum Gasteiger partial charge on any atom is -0.457 e. The normalized spacial score (nSPS) is 11.5. The Morgan fingerprint density at radius 1 is 1.05 bits per heavy atom. The van der Waals surface area contributed by atoms with Crippen LogP contribution in [-0.2, 0) is 4.74 Å². The van der Waals surface area contributed by atoms with Crippen molar-refractivity contribution in [2.24, 2.45) is 0 Å². The molecule has 116 valence electrons. The summed E-state index contributed by atoms with van der Waals surface area (Å²) < 4.78 is 10.7. The molecule has 2 N–H and O–H groups in total. The van der Waals surface area contributed by atoms with E-state index in [1.54, 1.807) is 31.4 Å². The number of hydrogen-bond donors (Lipinski definition) is 2. The molecule has 0 fully saturated rings. The molecule has 0 spiro atoms. The van der Waals surface area contributed by atoms with Crippen LogP contribution >= 0.6 is 0 Å². The molecule has 5 heteroatoms. The Kier molecular flexibility index (Phi) is 5.80. The lowest BCUT2D eigenvalue weighted by atomic mass is 10.3. The summed E-state index contributed by atoms with van der Waals surface area (Å²) in [5.41, 5.74) is 0.697. The smallest absolute Gasteiger partial charge is 0.319 e. The van der Waals surface area contributed by atoms with E-state index >= 15 is 0 Å². The van der Waals surface area contributed by atoms with Gasteiger partial charge < -0.3 is 20.1 Å². The number of amides is 2. The fraction of sp³-hybridized carbons (Fsp3) is 0.235. The van der Waals surface area contributed by atoms with E-state index < -0.39 is 0 Å². The predicted octanol–water partition coefficient (Wildman–Crippen LogP) is 3.64. The number of carbonyl (C=O) groups excluding carboxylic acids is 1. The molecule has 2 aromatic carbocycles. The zero-order valence-corrected chi connectivity index (χ0v) is 12.7. The topological polar surface area (TPSA) is 59.6 Å². The molecule has 0 saturated heterocycles. The number of urea groups is 1. The van der Waals surface area contributed by atoms with Gasteiger partial charge in [0.05, 0.1) is 12.6 Å². The summed E-state index contributed by atoms with van der Waals surface area (Å²) >= 11 is 0. The van der Waals surface area contributed by atoms with Gasteiger partial charge in [0, 0.05) is 12.8 Å². The molecule has 2 rings (SSSR count). The summed E-state index contributed by atoms with van der Waals surface area (Å²) in [7, 11) is 1.60. The Hall–Kier alpha value is -2.53. The summed E-state index contributed by atoms with van der Waals surface area (Å²) in [4.78, 5) is 11.8. The fourth-order valence-electron chi connectivity index (χ4n) is 1.91. The second kappa shape index (κ2) is 8.05. The Morgan fingerprint density at radius 3 is 2.32 bits per heavy atom. The summed E-state index contributed by atoms with van der Waals surface area (Å²) in [6.45, 7) is 2.34. The molecule has 22 heavy (non-hydrogen) atoms. The quantitative estimate of drug-likeness (QED) is 0.856. The number of nitrogens with one attached hydrogen (secondary N) is 2. The van der Waals surface area contributed by atoms with Gasteiger partial charge in [-0.15, -0.1) is 0 Å². The van der Waals surface area contributed by atoms with Crippen molar-refractivity contribution >= 4 is 11.7 Å². The van der Waals surface area contributed by atoms with Gasteiger partial charge in [0.1, 0.15) is 11.5 Å². The van der Waals surface area contributed by atoms with Gasteiger partial charge in [-0.2, -0.15) is 0 Å². The van der Waals surface area contributed by atoms with Crippen LogP contribution in [0.4, 0.5) is 10.5 Å². The molecule has 2 aromatic rings. The molecule has 0 heterocycles. The van der Waals surface area contributed by atoms with Crippen molar-refractivity contribution in [1.29, 1.82) is 0 Å². The number of methoxy groups -OCH3 is 1. The third-order valence-electron chi connectivity index (χ3n) is 2.89. The molecule has 2 amide bonds. The maximum atomic E-state index is 11.8. The molecule has 0 aliphatic rings. The standard InChI is InChI=1S/C17H20N2O3/c1-13(12-21-2)18-17(20)19-14-8-10-16(11-9-14)22-15-6-4-3-5-7-15/h3-11,13H,12H2,1-2H3,(H2,18,19,20). The van der Waals surface area contributed by atoms with E-state index in [9.17, 15) is 4.79 Å². The molecular formula is C17H20N2O3. The van der Waals surface area contributed by atoms with Gasteiger partial charge in [0.2, 0.25) is 0 Å². The number of carbonyl (C=O) groups is 1. The zero-order valence-electron chi connectivity index (χ0n) is 12.7. The summed E-state index contributed by atoms with van der Waals surface area (Å²) in [6.07, 6.45) is 0. The highest BCUT2D eigenvalue weighted by molar-refractivity contribution is 5.89. The first-order chi connectivity index (χ1) is 10.7. The van der Waals surface area contributed by atoms with Gasteiger partial charge in [-0.25, -0.2) is 4.79 Å². The monoisotopic (exact) mass is 300 g/mol. The van der Waals surface area contributed by atoms with Crippen molar-refractivity contribution in [3.05, 3.63) is 54.6 Å². The zero-order chi connectivity index (χ0) is 15.8. The van der Waals surface area contributed by atoms with Gasteiger partial charge in [0.15, 0.2) is 0 Å². The molecule has 1 atom stereocenters. The molecule has 0 aromatic heterocycles. The largest absolute Gasteiger partial charge is 0.457 e. The van der Waals surface area contributed by atoms with Gasteiger partial charge in [0.25, 0.3) is 0 Å². The van der Waals surface area contributed by atoms with Crippen LogP contribution in [-0.4, -0.2) is 25.8 Å². The SMILES string of the molecule is COCC(C)NC(=O)Nc1ccc(Oc2ccccc2)cc1. The predicted molar refractivity (Wildman–Crippen MR) is 86.5 cm³/mol. The second-order valence-corrected chi connectivity index (χ2v) is 4.89. The molecular weight excluding hydrogens is 280 g/mol. The van der Waals surface area contributed by atoms with Crippen molar-refractivity contribution in [3.63, 3.8) is 0 Å². The fourth-order valence-corrected chi connectivity index (χ4v) is 1.91. The number of anilines is 1. The highest BCUT2D eigenvalue weighted by Crippen LogP contribution is 2.22. The van der Waals surface area contributed by atoms with E-state index in [1.165, 1.54) is 0 Å². The van der Waals surface area contributed by atoms with E-state index in [4.69, 9.17) is 9.47 Å². The van der Waals surface area contributed by atoms with Crippen molar-refractivity contribution in [1.82, 2.24) is 5.32 Å². The van der Waals surface area contributed by atoms with Crippen LogP contribution in [0.15, 0.2) is 54.6 Å². The van der Waals surface area contributed by atoms with Gasteiger partial charge in [-0.1, -0.05) is 18.2 Å². The number of hydrogen-bond acceptors (Lipinski definition) is 3. The molecule has 0 radical (unpaired) electrons. The Balaban J connectivity index is 1.88. The Labute approximate surface area is 130 Å². The van der Waals surface area contributed by atoms with Gasteiger partial charge >= 0.3 is 6.03 Å². The lowest BCUT2D eigenvalue weighted by Gasteiger charge is -2.13. The third kappa shape index (κ3) is 5.10. The Bertz CT molecular complexity index is 585. The van der Waals surface area contributed by atoms with Gasteiger partial charge in [-0.05, 0) is 43.3 Å². The molecule has 0 aliphatic heterocycles. The van der Waals surface area contributed by atoms with Crippen LogP contribution in [0.25, 0.3) is 0 Å². The molecule has 1 unspecified atom stereocenters. The highest BCUT2D eigenvalue weighted by atomic mass is 16.5. The van der Waals surface area contributed by atoms with Crippen LogP contribution < -0.4 is 15.4 Å². The molecule has 0 saturated carbocycles. The maximum absolute atomic E-state index is 11.8.